The average molecular weight is 247 g/mol. The Morgan fingerprint density at radius 2 is 2.22 bits per heavy atom. The predicted octanol–water partition coefficient (Wildman–Crippen LogP) is 2.01. The molecule has 0 bridgehead atoms. The summed E-state index contributed by atoms with van der Waals surface area (Å²) >= 11 is 0. The van der Waals surface area contributed by atoms with Crippen LogP contribution in [0.2, 0.25) is 0 Å². The van der Waals surface area contributed by atoms with E-state index in [0.29, 0.717) is 17.3 Å². The lowest BCUT2D eigenvalue weighted by Gasteiger charge is -2.26. The van der Waals surface area contributed by atoms with Gasteiger partial charge in [0.1, 0.15) is 0 Å². The summed E-state index contributed by atoms with van der Waals surface area (Å²) in [6.45, 7) is 3.12. The van der Waals surface area contributed by atoms with E-state index >= 15 is 0 Å². The summed E-state index contributed by atoms with van der Waals surface area (Å²) in [6, 6.07) is 6.09. The number of nitrogens with one attached hydrogen (secondary N) is 1. The minimum Gasteiger partial charge on any atom is -0.399 e. The van der Waals surface area contributed by atoms with Crippen molar-refractivity contribution in [1.29, 1.82) is 0 Å². The summed E-state index contributed by atoms with van der Waals surface area (Å²) in [6.07, 6.45) is 3.49. The molecular weight excluding hydrogens is 226 g/mol. The molecular formula is C14H21N3O. The molecule has 2 rings (SSSR count). The van der Waals surface area contributed by atoms with E-state index in [1.807, 2.05) is 12.1 Å². The van der Waals surface area contributed by atoms with Gasteiger partial charge in [0.15, 0.2) is 0 Å². The van der Waals surface area contributed by atoms with Crippen molar-refractivity contribution in [2.45, 2.75) is 32.2 Å². The van der Waals surface area contributed by atoms with E-state index in [1.165, 1.54) is 12.8 Å². The van der Waals surface area contributed by atoms with Crippen LogP contribution in [0.4, 0.5) is 11.4 Å². The van der Waals surface area contributed by atoms with E-state index in [0.717, 1.165) is 18.7 Å². The first-order chi connectivity index (χ1) is 8.67. The molecule has 0 aliphatic heterocycles. The maximum Gasteiger partial charge on any atom is 0.253 e. The van der Waals surface area contributed by atoms with Crippen LogP contribution >= 0.6 is 0 Å². The molecule has 1 aliphatic carbocycles. The number of nitrogen functional groups attached to an aromatic ring is 1. The van der Waals surface area contributed by atoms with Gasteiger partial charge in [-0.15, -0.1) is 0 Å². The fourth-order valence-electron chi connectivity index (χ4n) is 2.24. The molecule has 0 radical (unpaired) electrons. The van der Waals surface area contributed by atoms with Crippen LogP contribution in [0.3, 0.4) is 0 Å². The van der Waals surface area contributed by atoms with Gasteiger partial charge in [0.2, 0.25) is 0 Å². The lowest BCUT2D eigenvalue weighted by molar-refractivity contribution is 0.0963. The van der Waals surface area contributed by atoms with Crippen molar-refractivity contribution in [1.82, 2.24) is 5.32 Å². The molecule has 0 unspecified atom stereocenters. The second-order valence-corrected chi connectivity index (χ2v) is 4.78. The Balaban J connectivity index is 2.38. The fourth-order valence-corrected chi connectivity index (χ4v) is 2.24. The van der Waals surface area contributed by atoms with Crippen LogP contribution in [0, 0.1) is 0 Å². The Morgan fingerprint density at radius 1 is 1.50 bits per heavy atom. The maximum absolute atomic E-state index is 11.9. The summed E-state index contributed by atoms with van der Waals surface area (Å²) in [5.74, 6) is -0.0493. The summed E-state index contributed by atoms with van der Waals surface area (Å²) in [5.41, 5.74) is 8.26. The largest absolute Gasteiger partial charge is 0.399 e. The van der Waals surface area contributed by atoms with Crippen molar-refractivity contribution in [2.24, 2.45) is 0 Å². The number of carbonyl (C=O) groups is 1. The number of nitrogens with zero attached hydrogens (tertiary/aromatic N) is 1. The zero-order chi connectivity index (χ0) is 13.1. The van der Waals surface area contributed by atoms with Crippen molar-refractivity contribution in [3.05, 3.63) is 23.8 Å². The molecule has 98 valence electrons. The number of carbonyl (C=O) groups excluding carboxylic acids is 1. The van der Waals surface area contributed by atoms with Crippen LogP contribution in [-0.4, -0.2) is 25.5 Å². The van der Waals surface area contributed by atoms with Crippen molar-refractivity contribution >= 4 is 17.3 Å². The van der Waals surface area contributed by atoms with Crippen LogP contribution < -0.4 is 16.0 Å². The molecule has 18 heavy (non-hydrogen) atoms. The van der Waals surface area contributed by atoms with Crippen LogP contribution in [0.25, 0.3) is 0 Å². The van der Waals surface area contributed by atoms with E-state index in [-0.39, 0.29) is 5.91 Å². The maximum atomic E-state index is 11.9. The quantitative estimate of drug-likeness (QED) is 0.782. The first-order valence-corrected chi connectivity index (χ1v) is 6.55. The molecule has 0 heterocycles. The molecule has 0 saturated heterocycles. The molecule has 1 aromatic carbocycles. The predicted molar refractivity (Wildman–Crippen MR) is 74.9 cm³/mol. The third-order valence-corrected chi connectivity index (χ3v) is 3.26. The van der Waals surface area contributed by atoms with E-state index in [1.54, 1.807) is 13.1 Å². The number of anilines is 2. The van der Waals surface area contributed by atoms with E-state index in [9.17, 15) is 4.79 Å². The minimum atomic E-state index is -0.0493. The third kappa shape index (κ3) is 2.58. The van der Waals surface area contributed by atoms with Gasteiger partial charge < -0.3 is 16.0 Å². The second-order valence-electron chi connectivity index (χ2n) is 4.78. The van der Waals surface area contributed by atoms with Crippen LogP contribution in [0.15, 0.2) is 18.2 Å². The third-order valence-electron chi connectivity index (χ3n) is 3.26. The fraction of sp³-hybridized carbons (Fsp3) is 0.500. The molecule has 0 aromatic heterocycles. The topological polar surface area (TPSA) is 58.4 Å². The SMILES string of the molecule is CCCN(c1cc(N)ccc1C(=O)NC)C1CC1. The standard InChI is InChI=1S/C14H21N3O/c1-3-8-17(11-5-6-11)13-9-10(15)4-7-12(13)14(18)16-2/h4,7,9,11H,3,5-6,8,15H2,1-2H3,(H,16,18). The number of benzene rings is 1. The molecule has 0 atom stereocenters. The number of hydrogen-bond acceptors (Lipinski definition) is 3. The zero-order valence-electron chi connectivity index (χ0n) is 11.1. The minimum absolute atomic E-state index is 0.0493. The Labute approximate surface area is 108 Å². The molecule has 1 aliphatic rings. The summed E-state index contributed by atoms with van der Waals surface area (Å²) in [5, 5.41) is 2.69. The molecule has 3 N–H and O–H groups in total. The van der Waals surface area contributed by atoms with Gasteiger partial charge in [0.25, 0.3) is 5.91 Å². The highest BCUT2D eigenvalue weighted by atomic mass is 16.1. The summed E-state index contributed by atoms with van der Waals surface area (Å²) in [7, 11) is 1.66. The molecule has 1 amide bonds. The Bertz CT molecular complexity index is 441. The van der Waals surface area contributed by atoms with Gasteiger partial charge in [0.05, 0.1) is 11.3 Å². The molecule has 4 nitrogen and oxygen atoms in total. The second kappa shape index (κ2) is 5.29. The van der Waals surface area contributed by atoms with Gasteiger partial charge in [-0.1, -0.05) is 6.92 Å². The van der Waals surface area contributed by atoms with Crippen LogP contribution in [-0.2, 0) is 0 Å². The Morgan fingerprint density at radius 3 is 2.78 bits per heavy atom. The van der Waals surface area contributed by atoms with Gasteiger partial charge in [-0.25, -0.2) is 0 Å². The molecule has 0 spiro atoms. The lowest BCUT2D eigenvalue weighted by Crippen LogP contribution is -2.30. The van der Waals surface area contributed by atoms with Crippen LogP contribution in [0.1, 0.15) is 36.5 Å². The summed E-state index contributed by atoms with van der Waals surface area (Å²) in [4.78, 5) is 14.2. The van der Waals surface area contributed by atoms with E-state index < -0.39 is 0 Å². The van der Waals surface area contributed by atoms with Gasteiger partial charge in [-0.2, -0.15) is 0 Å². The molecule has 1 aromatic rings. The molecule has 1 fully saturated rings. The number of amides is 1. The highest BCUT2D eigenvalue weighted by Gasteiger charge is 2.30. The summed E-state index contributed by atoms with van der Waals surface area (Å²) < 4.78 is 0. The average Bonchev–Trinajstić information content (AvgIpc) is 3.19. The number of hydrogen-bond donors (Lipinski definition) is 2. The zero-order valence-corrected chi connectivity index (χ0v) is 11.1. The van der Waals surface area contributed by atoms with Gasteiger partial charge in [-0.3, -0.25) is 4.79 Å². The number of rotatable bonds is 5. The van der Waals surface area contributed by atoms with Crippen molar-refractivity contribution < 1.29 is 4.79 Å². The molecule has 4 heteroatoms. The highest BCUT2D eigenvalue weighted by molar-refractivity contribution is 6.00. The normalized spacial score (nSPS) is 14.3. The first-order valence-electron chi connectivity index (χ1n) is 6.55. The van der Waals surface area contributed by atoms with Crippen LogP contribution in [0.5, 0.6) is 0 Å². The van der Waals surface area contributed by atoms with Crippen molar-refractivity contribution in [2.75, 3.05) is 24.2 Å². The lowest BCUT2D eigenvalue weighted by atomic mass is 10.1. The Kier molecular flexibility index (Phi) is 3.75. The number of nitrogens with two attached hydrogens (primary N) is 1. The van der Waals surface area contributed by atoms with E-state index in [4.69, 9.17) is 5.73 Å². The van der Waals surface area contributed by atoms with Crippen molar-refractivity contribution in [3.8, 4) is 0 Å². The monoisotopic (exact) mass is 247 g/mol. The first kappa shape index (κ1) is 12.7. The molecule has 1 saturated carbocycles. The smallest absolute Gasteiger partial charge is 0.253 e. The van der Waals surface area contributed by atoms with Gasteiger partial charge in [-0.05, 0) is 37.5 Å². The van der Waals surface area contributed by atoms with Gasteiger partial charge in [0, 0.05) is 25.3 Å². The van der Waals surface area contributed by atoms with Crippen molar-refractivity contribution in [3.63, 3.8) is 0 Å². The van der Waals surface area contributed by atoms with Gasteiger partial charge >= 0.3 is 0 Å². The highest BCUT2D eigenvalue weighted by Crippen LogP contribution is 2.34. The Hall–Kier alpha value is -1.71. The van der Waals surface area contributed by atoms with E-state index in [2.05, 4.69) is 17.1 Å².